The third-order valence-electron chi connectivity index (χ3n) is 5.52. The number of aliphatic hydroxyl groups is 1. The summed E-state index contributed by atoms with van der Waals surface area (Å²) in [5, 5.41) is 13.4. The normalized spacial score (nSPS) is 16.2. The van der Waals surface area contributed by atoms with E-state index in [0.717, 1.165) is 10.4 Å². The van der Waals surface area contributed by atoms with Crippen molar-refractivity contribution in [2.24, 2.45) is 0 Å². The van der Waals surface area contributed by atoms with Gasteiger partial charge >= 0.3 is 0 Å². The molecule has 6 nitrogen and oxygen atoms in total. The number of rotatable bonds is 6. The summed E-state index contributed by atoms with van der Waals surface area (Å²) in [7, 11) is 1.52. The molecule has 2 aromatic heterocycles. The van der Waals surface area contributed by atoms with E-state index >= 15 is 0 Å². The third-order valence-corrected chi connectivity index (χ3v) is 6.38. The van der Waals surface area contributed by atoms with Crippen LogP contribution in [0.25, 0.3) is 11.0 Å². The maximum absolute atomic E-state index is 13.6. The van der Waals surface area contributed by atoms with Crippen LogP contribution in [0, 0.1) is 0 Å². The highest BCUT2D eigenvalue weighted by Gasteiger charge is 2.44. The second-order valence-corrected chi connectivity index (χ2v) is 8.44. The molecule has 1 aliphatic rings. The van der Waals surface area contributed by atoms with Gasteiger partial charge in [0.05, 0.1) is 25.3 Å². The molecule has 0 spiro atoms. The molecule has 32 heavy (non-hydrogen) atoms. The second kappa shape index (κ2) is 8.01. The average molecular weight is 445 g/mol. The van der Waals surface area contributed by atoms with Crippen molar-refractivity contribution < 1.29 is 23.8 Å². The molecule has 3 heterocycles. The van der Waals surface area contributed by atoms with Gasteiger partial charge in [-0.2, -0.15) is 0 Å². The first-order chi connectivity index (χ1) is 15.6. The standard InChI is InChI=1S/C25H19NO5S/c1-30-18-11-5-9-16-13-19(31-24(16)18)22(27)20-21(15-7-3-2-4-8-15)26(25(29)23(20)28)14-17-10-6-12-32-17/h2-13,21,28H,14H2,1H3. The molecule has 1 aliphatic heterocycles. The molecular formula is C25H19NO5S. The first-order valence-electron chi connectivity index (χ1n) is 10.0. The van der Waals surface area contributed by atoms with Crippen LogP contribution >= 0.6 is 11.3 Å². The number of amides is 1. The summed E-state index contributed by atoms with van der Waals surface area (Å²) in [6.45, 7) is 0.283. The molecule has 1 unspecified atom stereocenters. The number of aliphatic hydroxyl groups excluding tert-OH is 1. The minimum absolute atomic E-state index is 0.00998. The highest BCUT2D eigenvalue weighted by atomic mass is 32.1. The molecule has 0 saturated heterocycles. The van der Waals surface area contributed by atoms with Gasteiger partial charge in [0.1, 0.15) is 0 Å². The number of carbonyl (C=O) groups is 2. The molecule has 1 amide bonds. The Balaban J connectivity index is 1.60. The summed E-state index contributed by atoms with van der Waals surface area (Å²) in [4.78, 5) is 29.1. The van der Waals surface area contributed by atoms with Crippen LogP contribution in [0.5, 0.6) is 5.75 Å². The average Bonchev–Trinajstić information content (AvgIpc) is 3.54. The number of ether oxygens (including phenoxy) is 1. The predicted molar refractivity (Wildman–Crippen MR) is 121 cm³/mol. The number of methoxy groups -OCH3 is 1. The van der Waals surface area contributed by atoms with Crippen LogP contribution in [0.2, 0.25) is 0 Å². The number of benzene rings is 2. The topological polar surface area (TPSA) is 80.0 Å². The summed E-state index contributed by atoms with van der Waals surface area (Å²) in [5.74, 6) is -1.12. The minimum atomic E-state index is -0.728. The lowest BCUT2D eigenvalue weighted by atomic mass is 9.95. The minimum Gasteiger partial charge on any atom is -0.503 e. The summed E-state index contributed by atoms with van der Waals surface area (Å²) in [6, 6.07) is 19.3. The summed E-state index contributed by atoms with van der Waals surface area (Å²) in [5.41, 5.74) is 1.18. The maximum Gasteiger partial charge on any atom is 0.290 e. The molecule has 7 heteroatoms. The Bertz CT molecular complexity index is 1340. The zero-order valence-corrected chi connectivity index (χ0v) is 18.0. The molecule has 1 atom stereocenters. The Morgan fingerprint density at radius 3 is 2.66 bits per heavy atom. The van der Waals surface area contributed by atoms with Crippen molar-refractivity contribution in [1.29, 1.82) is 0 Å². The quantitative estimate of drug-likeness (QED) is 0.409. The van der Waals surface area contributed by atoms with Crippen LogP contribution in [0.15, 0.2) is 87.9 Å². The number of furan rings is 1. The Hall–Kier alpha value is -3.84. The molecule has 0 saturated carbocycles. The summed E-state index contributed by atoms with van der Waals surface area (Å²) in [6.07, 6.45) is 0. The van der Waals surface area contributed by atoms with E-state index in [0.29, 0.717) is 16.7 Å². The SMILES string of the molecule is COc1cccc2cc(C(=O)C3=C(O)C(=O)N(Cc4cccs4)C3c3ccccc3)oc12. The van der Waals surface area contributed by atoms with Gasteiger partial charge in [-0.15, -0.1) is 11.3 Å². The fourth-order valence-corrected chi connectivity index (χ4v) is 4.75. The van der Waals surface area contributed by atoms with Gasteiger partial charge in [0.2, 0.25) is 5.78 Å². The molecule has 0 aliphatic carbocycles. The highest BCUT2D eigenvalue weighted by molar-refractivity contribution is 7.09. The Kier molecular flexibility index (Phi) is 5.03. The van der Waals surface area contributed by atoms with Crippen LogP contribution in [-0.4, -0.2) is 28.8 Å². The monoisotopic (exact) mass is 445 g/mol. The van der Waals surface area contributed by atoms with Crippen LogP contribution in [0.4, 0.5) is 0 Å². The molecule has 4 aromatic rings. The van der Waals surface area contributed by atoms with Crippen molar-refractivity contribution in [2.45, 2.75) is 12.6 Å². The largest absolute Gasteiger partial charge is 0.503 e. The fourth-order valence-electron chi connectivity index (χ4n) is 4.04. The van der Waals surface area contributed by atoms with Gasteiger partial charge in [0, 0.05) is 10.3 Å². The van der Waals surface area contributed by atoms with E-state index in [1.54, 1.807) is 18.2 Å². The first-order valence-corrected chi connectivity index (χ1v) is 10.9. The number of Topliss-reactive ketones (excluding diaryl/α,β-unsaturated/α-hetero) is 1. The Morgan fingerprint density at radius 2 is 1.94 bits per heavy atom. The lowest BCUT2D eigenvalue weighted by Crippen LogP contribution is -2.30. The number of hydrogen-bond donors (Lipinski definition) is 1. The second-order valence-electron chi connectivity index (χ2n) is 7.41. The number of fused-ring (bicyclic) bond motifs is 1. The first kappa shape index (κ1) is 20.1. The van der Waals surface area contributed by atoms with Gasteiger partial charge in [-0.3, -0.25) is 9.59 Å². The number of thiophene rings is 1. The number of ketones is 1. The van der Waals surface area contributed by atoms with Gasteiger partial charge in [-0.25, -0.2) is 0 Å². The zero-order chi connectivity index (χ0) is 22.2. The molecule has 5 rings (SSSR count). The zero-order valence-electron chi connectivity index (χ0n) is 17.1. The van der Waals surface area contributed by atoms with E-state index in [9.17, 15) is 14.7 Å². The molecule has 2 aromatic carbocycles. The molecule has 0 fully saturated rings. The van der Waals surface area contributed by atoms with E-state index in [4.69, 9.17) is 9.15 Å². The fraction of sp³-hybridized carbons (Fsp3) is 0.120. The molecular weight excluding hydrogens is 426 g/mol. The van der Waals surface area contributed by atoms with Gasteiger partial charge in [0.15, 0.2) is 22.9 Å². The van der Waals surface area contributed by atoms with Crippen LogP contribution in [-0.2, 0) is 11.3 Å². The van der Waals surface area contributed by atoms with Crippen molar-refractivity contribution >= 4 is 34.0 Å². The number of carbonyl (C=O) groups excluding carboxylic acids is 2. The van der Waals surface area contributed by atoms with Gasteiger partial charge in [0.25, 0.3) is 5.91 Å². The molecule has 160 valence electrons. The lowest BCUT2D eigenvalue weighted by Gasteiger charge is -2.26. The Labute approximate surface area is 188 Å². The van der Waals surface area contributed by atoms with Crippen molar-refractivity contribution in [3.63, 3.8) is 0 Å². The van der Waals surface area contributed by atoms with Gasteiger partial charge in [-0.05, 0) is 29.1 Å². The smallest absolute Gasteiger partial charge is 0.290 e. The van der Waals surface area contributed by atoms with Gasteiger partial charge < -0.3 is 19.2 Å². The molecule has 0 bridgehead atoms. The lowest BCUT2D eigenvalue weighted by molar-refractivity contribution is -0.130. The highest BCUT2D eigenvalue weighted by Crippen LogP contribution is 2.41. The van der Waals surface area contributed by atoms with Crippen molar-refractivity contribution in [3.8, 4) is 5.75 Å². The maximum atomic E-state index is 13.6. The van der Waals surface area contributed by atoms with E-state index in [-0.39, 0.29) is 17.9 Å². The van der Waals surface area contributed by atoms with Gasteiger partial charge in [-0.1, -0.05) is 48.5 Å². The van der Waals surface area contributed by atoms with E-state index in [1.165, 1.54) is 23.3 Å². The van der Waals surface area contributed by atoms with E-state index < -0.39 is 23.5 Å². The Morgan fingerprint density at radius 1 is 1.12 bits per heavy atom. The van der Waals surface area contributed by atoms with Crippen molar-refractivity contribution in [3.05, 3.63) is 99.6 Å². The van der Waals surface area contributed by atoms with E-state index in [2.05, 4.69) is 0 Å². The summed E-state index contributed by atoms with van der Waals surface area (Å²) >= 11 is 1.51. The van der Waals surface area contributed by atoms with Crippen LogP contribution < -0.4 is 4.74 Å². The predicted octanol–water partition coefficient (Wildman–Crippen LogP) is 5.28. The number of hydrogen-bond acceptors (Lipinski definition) is 6. The third kappa shape index (κ3) is 3.27. The van der Waals surface area contributed by atoms with E-state index in [1.807, 2.05) is 53.9 Å². The van der Waals surface area contributed by atoms with Crippen molar-refractivity contribution in [1.82, 2.24) is 4.90 Å². The number of nitrogens with zero attached hydrogens (tertiary/aromatic N) is 1. The van der Waals surface area contributed by atoms with Crippen LogP contribution in [0.1, 0.15) is 27.0 Å². The number of para-hydroxylation sites is 1. The van der Waals surface area contributed by atoms with Crippen LogP contribution in [0.3, 0.4) is 0 Å². The summed E-state index contributed by atoms with van der Waals surface area (Å²) < 4.78 is 11.1. The molecule has 0 radical (unpaired) electrons. The molecule has 1 N–H and O–H groups in total. The van der Waals surface area contributed by atoms with Crippen molar-refractivity contribution in [2.75, 3.05) is 7.11 Å².